The maximum absolute atomic E-state index is 12.8. The van der Waals surface area contributed by atoms with Crippen LogP contribution >= 0.6 is 12.4 Å². The highest BCUT2D eigenvalue weighted by molar-refractivity contribution is 5.85. The third-order valence-corrected chi connectivity index (χ3v) is 4.56. The summed E-state index contributed by atoms with van der Waals surface area (Å²) in [6.07, 6.45) is 4.28. The normalized spacial score (nSPS) is 21.1. The van der Waals surface area contributed by atoms with E-state index < -0.39 is 6.55 Å². The second-order valence-corrected chi connectivity index (χ2v) is 6.00. The average Bonchev–Trinajstić information content (AvgIpc) is 2.76. The zero-order chi connectivity index (χ0) is 16.3. The summed E-state index contributed by atoms with van der Waals surface area (Å²) in [6, 6.07) is 0.0944. The summed E-state index contributed by atoms with van der Waals surface area (Å²) < 4.78 is 26.3. The molecule has 1 amide bonds. The molecule has 2 atom stereocenters. The molecule has 1 aromatic rings. The Bertz CT molecular complexity index is 536. The van der Waals surface area contributed by atoms with Crippen molar-refractivity contribution in [3.05, 3.63) is 17.0 Å². The molecule has 0 saturated heterocycles. The maximum atomic E-state index is 12.8. The second-order valence-electron chi connectivity index (χ2n) is 6.00. The van der Waals surface area contributed by atoms with E-state index in [9.17, 15) is 13.6 Å². The largest absolute Gasteiger partial charge is 0.353 e. The van der Waals surface area contributed by atoms with Gasteiger partial charge in [0.15, 0.2) is 0 Å². The van der Waals surface area contributed by atoms with E-state index >= 15 is 0 Å². The number of alkyl halides is 2. The minimum atomic E-state index is -2.68. The van der Waals surface area contributed by atoms with E-state index in [0.29, 0.717) is 34.1 Å². The van der Waals surface area contributed by atoms with Gasteiger partial charge in [-0.25, -0.2) is 4.68 Å². The first-order valence-corrected chi connectivity index (χ1v) is 7.76. The molecule has 2 unspecified atom stereocenters. The van der Waals surface area contributed by atoms with Gasteiger partial charge in [0.05, 0.1) is 12.1 Å². The zero-order valence-electron chi connectivity index (χ0n) is 13.5. The van der Waals surface area contributed by atoms with Crippen LogP contribution in [-0.4, -0.2) is 28.3 Å². The molecule has 0 radical (unpaired) electrons. The Kier molecular flexibility index (Phi) is 7.41. The molecule has 0 aliphatic heterocycles. The van der Waals surface area contributed by atoms with Crippen molar-refractivity contribution in [1.29, 1.82) is 0 Å². The van der Waals surface area contributed by atoms with Crippen LogP contribution in [0.3, 0.4) is 0 Å². The number of aryl methyl sites for hydroxylation is 1. The van der Waals surface area contributed by atoms with Gasteiger partial charge < -0.3 is 11.1 Å². The Morgan fingerprint density at radius 2 is 2.04 bits per heavy atom. The molecule has 2 rings (SSSR count). The number of hydrogen-bond donors (Lipinski definition) is 2. The van der Waals surface area contributed by atoms with Gasteiger partial charge in [-0.3, -0.25) is 4.79 Å². The van der Waals surface area contributed by atoms with E-state index in [1.807, 2.05) is 0 Å². The Balaban J connectivity index is 0.00000264. The number of nitrogens with zero attached hydrogens (tertiary/aromatic N) is 2. The number of carbonyl (C=O) groups is 1. The molecule has 1 fully saturated rings. The quantitative estimate of drug-likeness (QED) is 0.857. The van der Waals surface area contributed by atoms with Crippen LogP contribution in [0.5, 0.6) is 0 Å². The minimum Gasteiger partial charge on any atom is -0.353 e. The van der Waals surface area contributed by atoms with Gasteiger partial charge in [-0.1, -0.05) is 12.8 Å². The SMILES string of the molecule is Cc1nn(C(F)F)c(C)c1CC(=O)NC1CCCCC1CN.Cl. The summed E-state index contributed by atoms with van der Waals surface area (Å²) in [4.78, 5) is 12.2. The molecule has 1 saturated carbocycles. The molecule has 1 aliphatic rings. The molecule has 1 aromatic heterocycles. The van der Waals surface area contributed by atoms with Crippen molar-refractivity contribution in [2.24, 2.45) is 11.7 Å². The van der Waals surface area contributed by atoms with Gasteiger partial charge in [-0.15, -0.1) is 12.4 Å². The predicted octanol–water partition coefficient (Wildman–Crippen LogP) is 2.49. The molecular weight excluding hydrogens is 326 g/mol. The van der Waals surface area contributed by atoms with Crippen LogP contribution in [0.1, 0.15) is 49.2 Å². The van der Waals surface area contributed by atoms with Crippen molar-refractivity contribution >= 4 is 18.3 Å². The van der Waals surface area contributed by atoms with Crippen molar-refractivity contribution < 1.29 is 13.6 Å². The van der Waals surface area contributed by atoms with E-state index in [4.69, 9.17) is 5.73 Å². The fourth-order valence-corrected chi connectivity index (χ4v) is 3.24. The number of aromatic nitrogens is 2. The summed E-state index contributed by atoms with van der Waals surface area (Å²) >= 11 is 0. The van der Waals surface area contributed by atoms with Gasteiger partial charge in [0, 0.05) is 17.3 Å². The lowest BCUT2D eigenvalue weighted by Gasteiger charge is -2.31. The molecule has 1 aliphatic carbocycles. The van der Waals surface area contributed by atoms with Crippen molar-refractivity contribution in [2.45, 2.75) is 58.5 Å². The monoisotopic (exact) mass is 350 g/mol. The van der Waals surface area contributed by atoms with Crippen LogP contribution in [0.2, 0.25) is 0 Å². The lowest BCUT2D eigenvalue weighted by Crippen LogP contribution is -2.45. The smallest absolute Gasteiger partial charge is 0.333 e. The average molecular weight is 351 g/mol. The van der Waals surface area contributed by atoms with Crippen LogP contribution in [0.25, 0.3) is 0 Å². The first-order valence-electron chi connectivity index (χ1n) is 7.76. The molecule has 0 aromatic carbocycles. The van der Waals surface area contributed by atoms with Gasteiger partial charge in [0.1, 0.15) is 0 Å². The molecule has 3 N–H and O–H groups in total. The summed E-state index contributed by atoms with van der Waals surface area (Å²) in [7, 11) is 0. The van der Waals surface area contributed by atoms with E-state index in [1.165, 1.54) is 0 Å². The lowest BCUT2D eigenvalue weighted by atomic mass is 9.84. The number of amides is 1. The van der Waals surface area contributed by atoms with Gasteiger partial charge in [-0.05, 0) is 39.2 Å². The molecule has 132 valence electrons. The summed E-state index contributed by atoms with van der Waals surface area (Å²) in [5.41, 5.74) is 7.17. The first kappa shape index (κ1) is 19.8. The third-order valence-electron chi connectivity index (χ3n) is 4.56. The molecule has 23 heavy (non-hydrogen) atoms. The number of nitrogens with two attached hydrogens (primary N) is 1. The number of halogens is 3. The maximum Gasteiger partial charge on any atom is 0.333 e. The van der Waals surface area contributed by atoms with Gasteiger partial charge >= 0.3 is 6.55 Å². The molecular formula is C15H25ClF2N4O. The van der Waals surface area contributed by atoms with Crippen LogP contribution in [-0.2, 0) is 11.2 Å². The number of nitrogens with one attached hydrogen (secondary N) is 1. The fourth-order valence-electron chi connectivity index (χ4n) is 3.24. The Morgan fingerprint density at radius 3 is 2.61 bits per heavy atom. The summed E-state index contributed by atoms with van der Waals surface area (Å²) in [5, 5.41) is 6.83. The van der Waals surface area contributed by atoms with Crippen molar-refractivity contribution in [3.63, 3.8) is 0 Å². The minimum absolute atomic E-state index is 0. The molecule has 1 heterocycles. The van der Waals surface area contributed by atoms with Gasteiger partial charge in [0.25, 0.3) is 0 Å². The van der Waals surface area contributed by atoms with Crippen molar-refractivity contribution in [2.75, 3.05) is 6.54 Å². The van der Waals surface area contributed by atoms with E-state index in [0.717, 1.165) is 25.7 Å². The van der Waals surface area contributed by atoms with E-state index in [2.05, 4.69) is 10.4 Å². The summed E-state index contributed by atoms with van der Waals surface area (Å²) in [5.74, 6) is 0.161. The predicted molar refractivity (Wildman–Crippen MR) is 86.8 cm³/mol. The van der Waals surface area contributed by atoms with E-state index in [-0.39, 0.29) is 30.8 Å². The highest BCUT2D eigenvalue weighted by atomic mass is 35.5. The summed E-state index contributed by atoms with van der Waals surface area (Å²) in [6.45, 7) is 1.10. The van der Waals surface area contributed by atoms with Crippen LogP contribution in [0.4, 0.5) is 8.78 Å². The van der Waals surface area contributed by atoms with Crippen LogP contribution < -0.4 is 11.1 Å². The fraction of sp³-hybridized carbons (Fsp3) is 0.733. The van der Waals surface area contributed by atoms with Crippen LogP contribution in [0.15, 0.2) is 0 Å². The zero-order valence-corrected chi connectivity index (χ0v) is 14.3. The number of carbonyl (C=O) groups excluding carboxylic acids is 1. The molecule has 0 bridgehead atoms. The molecule has 0 spiro atoms. The van der Waals surface area contributed by atoms with Crippen molar-refractivity contribution in [3.8, 4) is 0 Å². The van der Waals surface area contributed by atoms with E-state index in [1.54, 1.807) is 13.8 Å². The van der Waals surface area contributed by atoms with Gasteiger partial charge in [0.2, 0.25) is 5.91 Å². The molecule has 8 heteroatoms. The topological polar surface area (TPSA) is 72.9 Å². The standard InChI is InChI=1S/C15H24F2N4O.ClH/c1-9-12(10(2)21(20-9)15(16)17)7-14(22)19-13-6-4-3-5-11(13)8-18;/h11,13,15H,3-8,18H2,1-2H3,(H,19,22);1H. The Hall–Kier alpha value is -1.21. The highest BCUT2D eigenvalue weighted by Gasteiger charge is 2.26. The lowest BCUT2D eigenvalue weighted by molar-refractivity contribution is -0.121. The van der Waals surface area contributed by atoms with Crippen molar-refractivity contribution in [1.82, 2.24) is 15.1 Å². The molecule has 5 nitrogen and oxygen atoms in total. The third kappa shape index (κ3) is 4.64. The number of hydrogen-bond acceptors (Lipinski definition) is 3. The van der Waals surface area contributed by atoms with Crippen LogP contribution in [0, 0.1) is 19.8 Å². The second kappa shape index (κ2) is 8.59. The highest BCUT2D eigenvalue weighted by Crippen LogP contribution is 2.24. The Morgan fingerprint density at radius 1 is 1.39 bits per heavy atom. The van der Waals surface area contributed by atoms with Gasteiger partial charge in [-0.2, -0.15) is 13.9 Å². The first-order chi connectivity index (χ1) is 10.4. The Labute approximate surface area is 141 Å². The number of rotatable bonds is 5.